The summed E-state index contributed by atoms with van der Waals surface area (Å²) < 4.78 is 29.8. The predicted molar refractivity (Wildman–Crippen MR) is 108 cm³/mol. The Labute approximate surface area is 169 Å². The fourth-order valence-corrected chi connectivity index (χ4v) is 4.57. The second-order valence-corrected chi connectivity index (χ2v) is 8.82. The van der Waals surface area contributed by atoms with E-state index >= 15 is 0 Å². The van der Waals surface area contributed by atoms with Crippen molar-refractivity contribution < 1.29 is 8.42 Å². The zero-order valence-electron chi connectivity index (χ0n) is 15.1. The third kappa shape index (κ3) is 4.04. The summed E-state index contributed by atoms with van der Waals surface area (Å²) in [5, 5.41) is 8.70. The highest BCUT2D eigenvalue weighted by atomic mass is 35.5. The quantitative estimate of drug-likeness (QED) is 0.665. The minimum absolute atomic E-state index is 0.187. The normalized spacial score (nSPS) is 15.0. The lowest BCUT2D eigenvalue weighted by molar-refractivity contribution is 0.324. The van der Waals surface area contributed by atoms with E-state index in [2.05, 4.69) is 19.9 Å². The van der Waals surface area contributed by atoms with Crippen LogP contribution in [0.25, 0.3) is 5.69 Å². The molecule has 146 valence electrons. The lowest BCUT2D eigenvalue weighted by Gasteiger charge is -2.17. The first-order valence-electron chi connectivity index (χ1n) is 9.03. The summed E-state index contributed by atoms with van der Waals surface area (Å²) in [6, 6.07) is 13.2. The van der Waals surface area contributed by atoms with Crippen LogP contribution >= 0.6 is 11.6 Å². The van der Waals surface area contributed by atoms with Crippen molar-refractivity contribution in [1.82, 2.24) is 19.9 Å². The van der Waals surface area contributed by atoms with E-state index in [9.17, 15) is 8.42 Å². The van der Waals surface area contributed by atoms with Gasteiger partial charge in [0.15, 0.2) is 0 Å². The lowest BCUT2D eigenvalue weighted by atomic mass is 10.2. The van der Waals surface area contributed by atoms with Crippen LogP contribution in [0.2, 0.25) is 5.02 Å². The van der Waals surface area contributed by atoms with Crippen molar-refractivity contribution in [3.63, 3.8) is 0 Å². The number of benzene rings is 2. The van der Waals surface area contributed by atoms with Crippen LogP contribution in [0.4, 0.5) is 5.69 Å². The van der Waals surface area contributed by atoms with Gasteiger partial charge in [0.1, 0.15) is 0 Å². The maximum Gasteiger partial charge on any atom is 0.261 e. The predicted octanol–water partition coefficient (Wildman–Crippen LogP) is 3.32. The molecule has 3 aromatic rings. The van der Waals surface area contributed by atoms with Gasteiger partial charge in [0.05, 0.1) is 28.2 Å². The van der Waals surface area contributed by atoms with Crippen molar-refractivity contribution >= 4 is 27.3 Å². The Kier molecular flexibility index (Phi) is 5.34. The van der Waals surface area contributed by atoms with Crippen molar-refractivity contribution in [3.8, 4) is 5.69 Å². The van der Waals surface area contributed by atoms with Crippen molar-refractivity contribution in [1.29, 1.82) is 0 Å². The molecule has 0 amide bonds. The average molecular weight is 418 g/mol. The van der Waals surface area contributed by atoms with Crippen molar-refractivity contribution in [2.45, 2.75) is 24.3 Å². The lowest BCUT2D eigenvalue weighted by Crippen LogP contribution is -2.21. The Morgan fingerprint density at radius 3 is 2.57 bits per heavy atom. The Morgan fingerprint density at radius 1 is 1.07 bits per heavy atom. The monoisotopic (exact) mass is 417 g/mol. The number of anilines is 1. The summed E-state index contributed by atoms with van der Waals surface area (Å²) in [4.78, 5) is 2.51. The molecule has 9 heteroatoms. The van der Waals surface area contributed by atoms with Gasteiger partial charge in [-0.3, -0.25) is 9.62 Å². The van der Waals surface area contributed by atoms with Gasteiger partial charge in [0.25, 0.3) is 10.0 Å². The zero-order valence-corrected chi connectivity index (χ0v) is 16.7. The van der Waals surface area contributed by atoms with E-state index in [4.69, 9.17) is 11.6 Å². The fraction of sp³-hybridized carbons (Fsp3) is 0.263. The summed E-state index contributed by atoms with van der Waals surface area (Å²) in [6.45, 7) is 2.77. The van der Waals surface area contributed by atoms with Crippen molar-refractivity contribution in [2.75, 3.05) is 17.8 Å². The summed E-state index contributed by atoms with van der Waals surface area (Å²) in [6.07, 6.45) is 4.07. The van der Waals surface area contributed by atoms with Crippen LogP contribution in [-0.4, -0.2) is 41.4 Å². The number of hydrogen-bond acceptors (Lipinski definition) is 5. The van der Waals surface area contributed by atoms with Gasteiger partial charge >= 0.3 is 0 Å². The first-order valence-corrected chi connectivity index (χ1v) is 10.9. The van der Waals surface area contributed by atoms with Gasteiger partial charge < -0.3 is 0 Å². The number of hydrogen-bond donors (Lipinski definition) is 1. The molecule has 7 nitrogen and oxygen atoms in total. The molecule has 1 aliphatic rings. The largest absolute Gasteiger partial charge is 0.297 e. The molecule has 1 fully saturated rings. The van der Waals surface area contributed by atoms with E-state index in [1.165, 1.54) is 12.8 Å². The van der Waals surface area contributed by atoms with Gasteiger partial charge in [-0.2, -0.15) is 0 Å². The number of likely N-dealkylation sites (tertiary alicyclic amines) is 1. The maximum absolute atomic E-state index is 12.8. The fourth-order valence-electron chi connectivity index (χ4n) is 3.31. The van der Waals surface area contributed by atoms with Gasteiger partial charge in [-0.1, -0.05) is 35.0 Å². The van der Waals surface area contributed by atoms with Gasteiger partial charge in [-0.05, 0) is 56.3 Å². The van der Waals surface area contributed by atoms with Crippen molar-refractivity contribution in [3.05, 3.63) is 65.4 Å². The molecule has 0 bridgehead atoms. The van der Waals surface area contributed by atoms with Gasteiger partial charge in [-0.15, -0.1) is 5.10 Å². The Bertz CT molecular complexity index is 1060. The molecule has 1 N–H and O–H groups in total. The maximum atomic E-state index is 12.8. The molecule has 0 atom stereocenters. The first kappa shape index (κ1) is 18.9. The number of halogens is 1. The van der Waals surface area contributed by atoms with E-state index < -0.39 is 10.0 Å². The van der Waals surface area contributed by atoms with Crippen LogP contribution in [-0.2, 0) is 16.6 Å². The minimum Gasteiger partial charge on any atom is -0.297 e. The number of rotatable bonds is 6. The molecule has 2 aromatic carbocycles. The topological polar surface area (TPSA) is 80.1 Å². The standard InChI is InChI=1S/C19H20ClN5O2S/c20-15-8-9-18(22-28(26,27)17-6-2-1-3-7-17)19(12-15)25-16(13-21-23-25)14-24-10-4-5-11-24/h1-3,6-9,12-13,22H,4-5,10-11,14H2. The van der Waals surface area contributed by atoms with Crippen LogP contribution in [0.5, 0.6) is 0 Å². The van der Waals surface area contributed by atoms with Crippen LogP contribution in [0.15, 0.2) is 59.6 Å². The Balaban J connectivity index is 1.69. The molecule has 4 rings (SSSR count). The Morgan fingerprint density at radius 2 is 1.82 bits per heavy atom. The molecule has 1 aliphatic heterocycles. The first-order chi connectivity index (χ1) is 13.5. The molecule has 0 spiro atoms. The third-order valence-corrected chi connectivity index (χ3v) is 6.31. The molecule has 2 heterocycles. The smallest absolute Gasteiger partial charge is 0.261 e. The second-order valence-electron chi connectivity index (χ2n) is 6.70. The van der Waals surface area contributed by atoms with Crippen LogP contribution in [0.3, 0.4) is 0 Å². The van der Waals surface area contributed by atoms with E-state index in [0.717, 1.165) is 18.8 Å². The molecule has 0 saturated carbocycles. The highest BCUT2D eigenvalue weighted by molar-refractivity contribution is 7.92. The number of sulfonamides is 1. The summed E-state index contributed by atoms with van der Waals surface area (Å²) in [7, 11) is -3.74. The highest BCUT2D eigenvalue weighted by Crippen LogP contribution is 2.28. The van der Waals surface area contributed by atoms with Gasteiger partial charge in [0.2, 0.25) is 0 Å². The number of nitrogens with zero attached hydrogens (tertiary/aromatic N) is 4. The molecule has 1 saturated heterocycles. The average Bonchev–Trinajstić information content (AvgIpc) is 3.36. The second kappa shape index (κ2) is 7.90. The van der Waals surface area contributed by atoms with Crippen LogP contribution < -0.4 is 4.72 Å². The van der Waals surface area contributed by atoms with Gasteiger partial charge in [-0.25, -0.2) is 13.1 Å². The molecular formula is C19H20ClN5O2S. The molecule has 1 aromatic heterocycles. The molecule has 0 radical (unpaired) electrons. The number of nitrogens with one attached hydrogen (secondary N) is 1. The molecular weight excluding hydrogens is 398 g/mol. The van der Waals surface area contributed by atoms with Crippen LogP contribution in [0.1, 0.15) is 18.5 Å². The summed E-state index contributed by atoms with van der Waals surface area (Å²) >= 11 is 6.20. The highest BCUT2D eigenvalue weighted by Gasteiger charge is 2.20. The van der Waals surface area contributed by atoms with E-state index in [0.29, 0.717) is 22.9 Å². The van der Waals surface area contributed by atoms with E-state index in [-0.39, 0.29) is 4.90 Å². The van der Waals surface area contributed by atoms with Crippen LogP contribution in [0, 0.1) is 0 Å². The molecule has 0 unspecified atom stereocenters. The van der Waals surface area contributed by atoms with E-state index in [1.54, 1.807) is 59.4 Å². The summed E-state index contributed by atoms with van der Waals surface area (Å²) in [5.74, 6) is 0. The zero-order chi connectivity index (χ0) is 19.6. The van der Waals surface area contributed by atoms with Crippen molar-refractivity contribution in [2.24, 2.45) is 0 Å². The van der Waals surface area contributed by atoms with E-state index in [1.807, 2.05) is 0 Å². The third-order valence-electron chi connectivity index (χ3n) is 4.69. The van der Waals surface area contributed by atoms with Gasteiger partial charge in [0, 0.05) is 11.6 Å². The SMILES string of the molecule is O=S(=O)(Nc1ccc(Cl)cc1-n1nncc1CN1CCCC1)c1ccccc1. The number of aromatic nitrogens is 3. The molecule has 28 heavy (non-hydrogen) atoms. The minimum atomic E-state index is -3.74. The summed E-state index contributed by atoms with van der Waals surface area (Å²) in [5.41, 5.74) is 1.81. The molecule has 0 aliphatic carbocycles. The Hall–Kier alpha value is -2.42.